The van der Waals surface area contributed by atoms with E-state index in [1.165, 1.54) is 36.4 Å². The molecule has 0 saturated carbocycles. The van der Waals surface area contributed by atoms with Gasteiger partial charge < -0.3 is 19.3 Å². The van der Waals surface area contributed by atoms with Crippen molar-refractivity contribution < 1.29 is 35.8 Å². The molecule has 0 amide bonds. The van der Waals surface area contributed by atoms with Crippen LogP contribution in [0.15, 0.2) is 304 Å². The Hall–Kier alpha value is -12.7. The molecular formula is C90H54F6N2O2. The number of hydrogen-bond donors (Lipinski definition) is 0. The molecule has 0 saturated heterocycles. The summed E-state index contributed by atoms with van der Waals surface area (Å²) in [5.74, 6) is -2.13. The van der Waals surface area contributed by atoms with Crippen LogP contribution in [0.25, 0.3) is 67.8 Å². The molecule has 4 nitrogen and oxygen atoms in total. The zero-order valence-corrected chi connectivity index (χ0v) is 53.3. The van der Waals surface area contributed by atoms with Crippen molar-refractivity contribution >= 4 is 46.3 Å². The zero-order valence-electron chi connectivity index (χ0n) is 53.3. The fraction of sp³-hybridized carbons (Fsp3) is 0.0222. The topological polar surface area (TPSA) is 24.9 Å². The van der Waals surface area contributed by atoms with E-state index in [-0.39, 0.29) is 22.5 Å². The third-order valence-electron chi connectivity index (χ3n) is 20.3. The van der Waals surface area contributed by atoms with Crippen molar-refractivity contribution in [1.82, 2.24) is 0 Å². The lowest BCUT2D eigenvalue weighted by atomic mass is 9.66. The summed E-state index contributed by atoms with van der Waals surface area (Å²) in [5.41, 5.74) is 15.2. The lowest BCUT2D eigenvalue weighted by molar-refractivity contribution is 0.482. The minimum absolute atomic E-state index is 0.0846. The van der Waals surface area contributed by atoms with Crippen LogP contribution in [0, 0.1) is 34.9 Å². The van der Waals surface area contributed by atoms with Crippen LogP contribution >= 0.6 is 0 Å². The predicted octanol–water partition coefficient (Wildman–Crippen LogP) is 24.7. The van der Waals surface area contributed by atoms with E-state index in [9.17, 15) is 0 Å². The van der Waals surface area contributed by atoms with Crippen LogP contribution in [0.2, 0.25) is 0 Å². The van der Waals surface area contributed by atoms with Crippen molar-refractivity contribution in [2.45, 2.75) is 10.8 Å². The molecular weight excluding hydrogens is 1250 g/mol. The molecule has 4 aliphatic rings. The molecule has 478 valence electrons. The van der Waals surface area contributed by atoms with Crippen LogP contribution < -0.4 is 19.3 Å². The molecule has 2 aliphatic carbocycles. The van der Waals surface area contributed by atoms with Gasteiger partial charge in [-0.3, -0.25) is 0 Å². The van der Waals surface area contributed by atoms with Crippen LogP contribution in [0.4, 0.5) is 60.5 Å². The van der Waals surface area contributed by atoms with Gasteiger partial charge in [0.2, 0.25) is 0 Å². The van der Waals surface area contributed by atoms with E-state index < -0.39 is 45.7 Å². The Kier molecular flexibility index (Phi) is 13.8. The maximum absolute atomic E-state index is 17.8. The van der Waals surface area contributed by atoms with Crippen LogP contribution in [0.1, 0.15) is 55.6 Å². The lowest BCUT2D eigenvalue weighted by Crippen LogP contribution is -2.29. The van der Waals surface area contributed by atoms with Crippen LogP contribution in [0.3, 0.4) is 0 Å². The number of benzene rings is 14. The molecule has 2 unspecified atom stereocenters. The summed E-state index contributed by atoms with van der Waals surface area (Å²) in [7, 11) is 0. The molecule has 10 heteroatoms. The Morgan fingerprint density at radius 3 is 1.01 bits per heavy atom. The highest BCUT2D eigenvalue weighted by Gasteiger charge is 2.51. The Balaban J connectivity index is 0.790. The van der Waals surface area contributed by atoms with Gasteiger partial charge in [-0.2, -0.15) is 0 Å². The molecule has 18 rings (SSSR count). The maximum atomic E-state index is 17.8. The first-order chi connectivity index (χ1) is 48.9. The quantitative estimate of drug-likeness (QED) is 0.121. The number of halogens is 6. The van der Waals surface area contributed by atoms with E-state index in [1.54, 1.807) is 36.4 Å². The molecule has 4 bridgehead atoms. The summed E-state index contributed by atoms with van der Waals surface area (Å²) in [4.78, 5) is 3.64. The van der Waals surface area contributed by atoms with E-state index in [1.807, 2.05) is 192 Å². The first-order valence-corrected chi connectivity index (χ1v) is 32.8. The third-order valence-corrected chi connectivity index (χ3v) is 20.3. The van der Waals surface area contributed by atoms with Crippen molar-refractivity contribution in [3.05, 3.63) is 395 Å². The fourth-order valence-electron chi connectivity index (χ4n) is 16.0. The van der Waals surface area contributed by atoms with Crippen LogP contribution in [-0.2, 0) is 10.8 Å². The predicted molar refractivity (Wildman–Crippen MR) is 387 cm³/mol. The molecule has 2 atom stereocenters. The van der Waals surface area contributed by atoms with Crippen LogP contribution in [-0.4, -0.2) is 0 Å². The molecule has 14 aromatic carbocycles. The summed E-state index contributed by atoms with van der Waals surface area (Å²) in [6.07, 6.45) is 3.48. The second kappa shape index (κ2) is 23.0. The Labute approximate surface area is 573 Å². The van der Waals surface area contributed by atoms with Gasteiger partial charge >= 0.3 is 0 Å². The number of fused-ring (bicyclic) bond motifs is 16. The Morgan fingerprint density at radius 1 is 0.270 bits per heavy atom. The van der Waals surface area contributed by atoms with Crippen molar-refractivity contribution in [3.63, 3.8) is 0 Å². The van der Waals surface area contributed by atoms with E-state index >= 15 is 26.3 Å². The molecule has 2 heterocycles. The van der Waals surface area contributed by atoms with Gasteiger partial charge in [-0.1, -0.05) is 171 Å². The van der Waals surface area contributed by atoms with Crippen molar-refractivity contribution in [3.8, 4) is 78.6 Å². The summed E-state index contributed by atoms with van der Waals surface area (Å²) in [6, 6.07) is 87.4. The molecule has 14 aromatic rings. The molecule has 0 aromatic heterocycles. The highest BCUT2D eigenvalue weighted by Crippen LogP contribution is 2.64. The second-order valence-corrected chi connectivity index (χ2v) is 25.6. The summed E-state index contributed by atoms with van der Waals surface area (Å²) in [6.45, 7) is 7.79. The number of ether oxygens (including phenoxy) is 2. The first-order valence-electron chi connectivity index (χ1n) is 32.8. The SMILES string of the molecule is C=Cc1ccc(Oc2ccc3c(c2)-c2cc(F)cc(F)c2N(c2ccc(-c4ccc(N5c6ccc7c(c6)C(c6ccc(F)cc6)(c6ccccc6-7)c6ccc(Oc7ccc(C=C)cc7)cc6-c6cc(F)cc(F)c65)cc4)cc2)c2ccc4c(c2)C3(c2ccc(F)cc2)c2ccccc2-4)cc1. The normalized spacial score (nSPS) is 15.4. The average Bonchev–Trinajstić information content (AvgIpc) is 1.52. The van der Waals surface area contributed by atoms with Gasteiger partial charge in [0.15, 0.2) is 11.6 Å². The van der Waals surface area contributed by atoms with Crippen molar-refractivity contribution in [2.24, 2.45) is 0 Å². The highest BCUT2D eigenvalue weighted by molar-refractivity contribution is 6.00. The molecule has 0 N–H and O–H groups in total. The molecule has 0 spiro atoms. The molecule has 100 heavy (non-hydrogen) atoms. The minimum Gasteiger partial charge on any atom is -0.457 e. The highest BCUT2D eigenvalue weighted by atomic mass is 19.2. The minimum atomic E-state index is -1.14. The van der Waals surface area contributed by atoms with Gasteiger partial charge in [-0.05, 0) is 234 Å². The summed E-state index contributed by atoms with van der Waals surface area (Å²) < 4.78 is 112. The fourth-order valence-corrected chi connectivity index (χ4v) is 16.0. The van der Waals surface area contributed by atoms with Gasteiger partial charge in [-0.25, -0.2) is 26.3 Å². The largest absolute Gasteiger partial charge is 0.457 e. The second-order valence-electron chi connectivity index (χ2n) is 25.6. The summed E-state index contributed by atoms with van der Waals surface area (Å²) >= 11 is 0. The van der Waals surface area contributed by atoms with Gasteiger partial charge in [0.25, 0.3) is 0 Å². The number of nitrogens with zero attached hydrogens (tertiary/aromatic N) is 2. The zero-order chi connectivity index (χ0) is 67.7. The third kappa shape index (κ3) is 9.17. The van der Waals surface area contributed by atoms with E-state index in [0.717, 1.165) is 90.0 Å². The van der Waals surface area contributed by atoms with Crippen molar-refractivity contribution in [1.29, 1.82) is 0 Å². The summed E-state index contributed by atoms with van der Waals surface area (Å²) in [5, 5.41) is 0. The number of rotatable bonds is 11. The molecule has 0 fully saturated rings. The standard InChI is InChI=1S/C90H54F6N2O2/c1-3-53-13-35-67(36-14-53)99-69-39-43-81-75(51-69)77-45-61(93)47-85(95)87(77)97(65-33-41-73-71-9-5-7-11-79(71)89(81,83(73)49-65)57-21-25-59(91)26-22-57)63-29-17-55(18-30-63)56-19-31-64(32-20-56)98-66-34-42-74-72-10-6-8-12-80(72)90(84(74)50-66,58-23-27-60(92)28-24-58)82-44-40-70(100-68-37-15-54(4-2)16-38-68)52-76(82)78-46-62(94)48-86(96)88(78)98/h3-52H,1-2H2. The maximum Gasteiger partial charge on any atom is 0.150 e. The van der Waals surface area contributed by atoms with E-state index in [2.05, 4.69) is 49.6 Å². The Morgan fingerprint density at radius 2 is 0.620 bits per heavy atom. The van der Waals surface area contributed by atoms with Gasteiger partial charge in [0.1, 0.15) is 46.3 Å². The average molecular weight is 1310 g/mol. The number of anilines is 6. The van der Waals surface area contributed by atoms with Gasteiger partial charge in [-0.15, -0.1) is 0 Å². The van der Waals surface area contributed by atoms with Gasteiger partial charge in [0.05, 0.1) is 22.2 Å². The van der Waals surface area contributed by atoms with E-state index in [0.29, 0.717) is 68.0 Å². The van der Waals surface area contributed by atoms with Crippen LogP contribution in [0.5, 0.6) is 23.0 Å². The lowest BCUT2D eigenvalue weighted by Gasteiger charge is -2.35. The van der Waals surface area contributed by atoms with Crippen molar-refractivity contribution in [2.75, 3.05) is 9.80 Å². The number of hydrogen-bond acceptors (Lipinski definition) is 4. The smallest absolute Gasteiger partial charge is 0.150 e. The molecule has 0 radical (unpaired) electrons. The van der Waals surface area contributed by atoms with Gasteiger partial charge in [0, 0.05) is 46.0 Å². The Bertz CT molecular complexity index is 5360. The monoisotopic (exact) mass is 1310 g/mol. The molecule has 2 aliphatic heterocycles. The van der Waals surface area contributed by atoms with E-state index in [4.69, 9.17) is 9.47 Å². The first kappa shape index (κ1) is 59.8.